The summed E-state index contributed by atoms with van der Waals surface area (Å²) in [4.78, 5) is 26.4. The van der Waals surface area contributed by atoms with Crippen LogP contribution in [0.2, 0.25) is 0 Å². The first kappa shape index (κ1) is 15.1. The first-order valence-corrected chi connectivity index (χ1v) is 7.99. The molecule has 2 fully saturated rings. The van der Waals surface area contributed by atoms with Crippen LogP contribution in [0.15, 0.2) is 22.8 Å². The van der Waals surface area contributed by atoms with Crippen molar-refractivity contribution in [3.8, 4) is 0 Å². The number of nitrogens with zero attached hydrogens (tertiary/aromatic N) is 1. The molecular formula is C16H23N3O3. The molecule has 2 aliphatic rings. The van der Waals surface area contributed by atoms with Gasteiger partial charge in [0.2, 0.25) is 5.91 Å². The van der Waals surface area contributed by atoms with Gasteiger partial charge in [0.1, 0.15) is 6.04 Å². The number of rotatable bonds is 3. The molecule has 0 saturated carbocycles. The second kappa shape index (κ2) is 6.52. The van der Waals surface area contributed by atoms with Gasteiger partial charge >= 0.3 is 0 Å². The zero-order chi connectivity index (χ0) is 15.5. The Morgan fingerprint density at radius 1 is 1.32 bits per heavy atom. The molecule has 6 heteroatoms. The summed E-state index contributed by atoms with van der Waals surface area (Å²) in [6.45, 7) is 5.43. The van der Waals surface area contributed by atoms with E-state index in [-0.39, 0.29) is 17.6 Å². The summed E-state index contributed by atoms with van der Waals surface area (Å²) in [5.74, 6) is 1.25. The van der Waals surface area contributed by atoms with E-state index in [9.17, 15) is 9.59 Å². The maximum Gasteiger partial charge on any atom is 0.287 e. The van der Waals surface area contributed by atoms with Crippen LogP contribution in [0.3, 0.4) is 0 Å². The molecule has 3 heterocycles. The Morgan fingerprint density at radius 2 is 2.00 bits per heavy atom. The number of amides is 2. The van der Waals surface area contributed by atoms with Crippen LogP contribution in [0, 0.1) is 11.8 Å². The molecular weight excluding hydrogens is 282 g/mol. The van der Waals surface area contributed by atoms with Crippen molar-refractivity contribution in [2.75, 3.05) is 26.2 Å². The molecule has 0 bridgehead atoms. The number of furan rings is 1. The predicted molar refractivity (Wildman–Crippen MR) is 81.3 cm³/mol. The molecule has 1 aromatic heterocycles. The Balaban J connectivity index is 1.55. The lowest BCUT2D eigenvalue weighted by Crippen LogP contribution is -2.47. The fourth-order valence-electron chi connectivity index (χ4n) is 3.45. The highest BCUT2D eigenvalue weighted by atomic mass is 16.3. The van der Waals surface area contributed by atoms with E-state index >= 15 is 0 Å². The Kier molecular flexibility index (Phi) is 4.47. The van der Waals surface area contributed by atoms with Gasteiger partial charge in [0.15, 0.2) is 5.76 Å². The van der Waals surface area contributed by atoms with E-state index in [2.05, 4.69) is 10.6 Å². The highest BCUT2D eigenvalue weighted by molar-refractivity contribution is 5.95. The highest BCUT2D eigenvalue weighted by Gasteiger charge is 2.32. The summed E-state index contributed by atoms with van der Waals surface area (Å²) in [6, 6.07) is 2.71. The third kappa shape index (κ3) is 3.16. The van der Waals surface area contributed by atoms with E-state index in [1.807, 2.05) is 4.90 Å². The lowest BCUT2D eigenvalue weighted by molar-refractivity contribution is -0.132. The number of hydrogen-bond acceptors (Lipinski definition) is 4. The van der Waals surface area contributed by atoms with Crippen LogP contribution in [0.4, 0.5) is 0 Å². The third-order valence-corrected chi connectivity index (χ3v) is 4.79. The van der Waals surface area contributed by atoms with Gasteiger partial charge in [-0.15, -0.1) is 0 Å². The molecule has 0 spiro atoms. The summed E-state index contributed by atoms with van der Waals surface area (Å²) in [7, 11) is 0. The van der Waals surface area contributed by atoms with Gasteiger partial charge in [-0.25, -0.2) is 0 Å². The van der Waals surface area contributed by atoms with Crippen molar-refractivity contribution in [3.63, 3.8) is 0 Å². The Hall–Kier alpha value is -1.82. The molecule has 2 N–H and O–H groups in total. The molecule has 2 saturated heterocycles. The number of carbonyl (C=O) groups is 2. The Labute approximate surface area is 130 Å². The minimum Gasteiger partial charge on any atom is -0.459 e. The summed E-state index contributed by atoms with van der Waals surface area (Å²) < 4.78 is 5.05. The molecule has 2 amide bonds. The smallest absolute Gasteiger partial charge is 0.287 e. The number of nitrogens with one attached hydrogen (secondary N) is 2. The van der Waals surface area contributed by atoms with Gasteiger partial charge in [0.25, 0.3) is 5.91 Å². The molecule has 1 unspecified atom stereocenters. The molecule has 2 aliphatic heterocycles. The van der Waals surface area contributed by atoms with Gasteiger partial charge in [0, 0.05) is 13.1 Å². The average molecular weight is 305 g/mol. The van der Waals surface area contributed by atoms with E-state index in [1.165, 1.54) is 6.26 Å². The van der Waals surface area contributed by atoms with Crippen LogP contribution in [0.5, 0.6) is 0 Å². The molecule has 1 aromatic rings. The lowest BCUT2D eigenvalue weighted by atomic mass is 9.92. The Bertz CT molecular complexity index is 515. The van der Waals surface area contributed by atoms with E-state index in [1.54, 1.807) is 19.1 Å². The van der Waals surface area contributed by atoms with Crippen LogP contribution < -0.4 is 10.6 Å². The minimum absolute atomic E-state index is 0.00663. The zero-order valence-electron chi connectivity index (χ0n) is 12.9. The Morgan fingerprint density at radius 3 is 2.59 bits per heavy atom. The number of hydrogen-bond donors (Lipinski definition) is 2. The molecule has 0 radical (unpaired) electrons. The lowest BCUT2D eigenvalue weighted by Gasteiger charge is -2.24. The minimum atomic E-state index is -0.534. The number of fused-ring (bicyclic) bond motifs is 1. The highest BCUT2D eigenvalue weighted by Crippen LogP contribution is 2.27. The normalized spacial score (nSPS) is 26.1. The number of likely N-dealkylation sites (tertiary alicyclic amines) is 1. The van der Waals surface area contributed by atoms with E-state index in [0.717, 1.165) is 39.0 Å². The summed E-state index contributed by atoms with van der Waals surface area (Å²) in [5, 5.41) is 6.14. The zero-order valence-corrected chi connectivity index (χ0v) is 12.9. The second-order valence-corrected chi connectivity index (χ2v) is 6.25. The average Bonchev–Trinajstić information content (AvgIpc) is 3.15. The van der Waals surface area contributed by atoms with Crippen molar-refractivity contribution in [1.29, 1.82) is 0 Å². The quantitative estimate of drug-likeness (QED) is 0.868. The maximum atomic E-state index is 12.5. The summed E-state index contributed by atoms with van der Waals surface area (Å²) >= 11 is 0. The summed E-state index contributed by atoms with van der Waals surface area (Å²) in [6.07, 6.45) is 3.54. The summed E-state index contributed by atoms with van der Waals surface area (Å²) in [5.41, 5.74) is 0. The van der Waals surface area contributed by atoms with Crippen LogP contribution in [-0.4, -0.2) is 48.9 Å². The van der Waals surface area contributed by atoms with Gasteiger partial charge in [-0.1, -0.05) is 0 Å². The van der Waals surface area contributed by atoms with Crippen molar-refractivity contribution in [3.05, 3.63) is 24.2 Å². The molecule has 120 valence electrons. The van der Waals surface area contributed by atoms with Gasteiger partial charge in [-0.2, -0.15) is 0 Å². The van der Waals surface area contributed by atoms with Crippen LogP contribution in [0.1, 0.15) is 30.3 Å². The molecule has 0 aliphatic carbocycles. The van der Waals surface area contributed by atoms with Gasteiger partial charge in [0.05, 0.1) is 6.26 Å². The van der Waals surface area contributed by atoms with E-state index in [0.29, 0.717) is 11.8 Å². The number of carbonyl (C=O) groups excluding carboxylic acids is 2. The van der Waals surface area contributed by atoms with Crippen molar-refractivity contribution in [1.82, 2.24) is 15.5 Å². The SMILES string of the molecule is CC(NC(=O)c1ccco1)C(=O)N1CC[C@@H]2CNC[C@@H]2CC1. The van der Waals surface area contributed by atoms with Crippen molar-refractivity contribution < 1.29 is 14.0 Å². The molecule has 22 heavy (non-hydrogen) atoms. The van der Waals surface area contributed by atoms with Crippen LogP contribution in [0.25, 0.3) is 0 Å². The van der Waals surface area contributed by atoms with Crippen LogP contribution >= 0.6 is 0 Å². The fraction of sp³-hybridized carbons (Fsp3) is 0.625. The molecule has 6 nitrogen and oxygen atoms in total. The standard InChI is InChI=1S/C16H23N3O3/c1-11(18-15(20)14-3-2-8-22-14)16(21)19-6-4-12-9-17-10-13(12)5-7-19/h2-3,8,11-13,17H,4-7,9-10H2,1H3,(H,18,20)/t11?,12-,13+. The van der Waals surface area contributed by atoms with E-state index < -0.39 is 6.04 Å². The van der Waals surface area contributed by atoms with Gasteiger partial charge in [-0.05, 0) is 56.8 Å². The topological polar surface area (TPSA) is 74.6 Å². The predicted octanol–water partition coefficient (Wildman–Crippen LogP) is 0.856. The van der Waals surface area contributed by atoms with E-state index in [4.69, 9.17) is 4.42 Å². The van der Waals surface area contributed by atoms with Crippen molar-refractivity contribution in [2.24, 2.45) is 11.8 Å². The molecule has 0 aromatic carbocycles. The van der Waals surface area contributed by atoms with Crippen molar-refractivity contribution in [2.45, 2.75) is 25.8 Å². The van der Waals surface area contributed by atoms with Gasteiger partial charge < -0.3 is 20.0 Å². The second-order valence-electron chi connectivity index (χ2n) is 6.25. The maximum absolute atomic E-state index is 12.5. The largest absolute Gasteiger partial charge is 0.459 e. The first-order chi connectivity index (χ1) is 10.6. The molecule has 3 rings (SSSR count). The van der Waals surface area contributed by atoms with Crippen LogP contribution in [-0.2, 0) is 4.79 Å². The third-order valence-electron chi connectivity index (χ3n) is 4.79. The molecule has 3 atom stereocenters. The van der Waals surface area contributed by atoms with Crippen molar-refractivity contribution >= 4 is 11.8 Å². The fourth-order valence-corrected chi connectivity index (χ4v) is 3.45. The first-order valence-electron chi connectivity index (χ1n) is 7.99. The monoisotopic (exact) mass is 305 g/mol. The van der Waals surface area contributed by atoms with Gasteiger partial charge in [-0.3, -0.25) is 9.59 Å².